The molecule has 4 rings (SSSR count). The molecule has 7 heteroatoms. The zero-order valence-corrected chi connectivity index (χ0v) is 14.1. The number of hydrogen-bond acceptors (Lipinski definition) is 6. The van der Waals surface area contributed by atoms with Gasteiger partial charge in [0.2, 0.25) is 6.35 Å². The van der Waals surface area contributed by atoms with Crippen LogP contribution in [-0.4, -0.2) is 44.7 Å². The van der Waals surface area contributed by atoms with E-state index in [-0.39, 0.29) is 12.0 Å². The van der Waals surface area contributed by atoms with E-state index in [0.29, 0.717) is 13.1 Å². The average molecular weight is 329 g/mol. The predicted molar refractivity (Wildman–Crippen MR) is 90.7 cm³/mol. The van der Waals surface area contributed by atoms with E-state index < -0.39 is 6.35 Å². The van der Waals surface area contributed by atoms with Gasteiger partial charge in [0.1, 0.15) is 5.69 Å². The Kier molecular flexibility index (Phi) is 3.51. The third kappa shape index (κ3) is 2.27. The summed E-state index contributed by atoms with van der Waals surface area (Å²) in [7, 11) is 0. The van der Waals surface area contributed by atoms with Crippen molar-refractivity contribution < 1.29 is 10.2 Å². The van der Waals surface area contributed by atoms with E-state index in [9.17, 15) is 5.11 Å². The molecule has 0 spiro atoms. The van der Waals surface area contributed by atoms with Gasteiger partial charge in [0.25, 0.3) is 0 Å². The second kappa shape index (κ2) is 5.46. The van der Waals surface area contributed by atoms with Crippen LogP contribution >= 0.6 is 0 Å². The maximum absolute atomic E-state index is 10.8. The Morgan fingerprint density at radius 2 is 2.17 bits per heavy atom. The molecule has 2 N–H and O–H groups in total. The van der Waals surface area contributed by atoms with Gasteiger partial charge >= 0.3 is 0 Å². The molecular weight excluding hydrogens is 306 g/mol. The normalized spacial score (nSPS) is 21.2. The number of rotatable bonds is 4. The zero-order chi connectivity index (χ0) is 16.9. The summed E-state index contributed by atoms with van der Waals surface area (Å²) in [6, 6.07) is 6.29. The van der Waals surface area contributed by atoms with Crippen LogP contribution in [0.3, 0.4) is 0 Å². The standard InChI is InChI=1S/C17H23N5O2/c1-17(2)6-7-21-15-13(17)4-3-5-14(15)22(16(21)24)11-12-10-20(8-9-23)19-18-12/h3-5,10,16,23-24H,6-9,11H2,1-2H3. The molecule has 2 aliphatic rings. The summed E-state index contributed by atoms with van der Waals surface area (Å²) in [6.45, 7) is 6.30. The van der Waals surface area contributed by atoms with Crippen LogP contribution < -0.4 is 9.80 Å². The summed E-state index contributed by atoms with van der Waals surface area (Å²) in [5.41, 5.74) is 4.37. The molecule has 1 unspecified atom stereocenters. The van der Waals surface area contributed by atoms with Gasteiger partial charge in [-0.2, -0.15) is 0 Å². The number of benzene rings is 1. The number of anilines is 2. The smallest absolute Gasteiger partial charge is 0.208 e. The summed E-state index contributed by atoms with van der Waals surface area (Å²) in [5.74, 6) is 0. The SMILES string of the molecule is CC1(C)CCN2c3c(cccc31)N(Cc1cn(CCO)nn1)C2O. The highest BCUT2D eigenvalue weighted by Crippen LogP contribution is 2.49. The third-order valence-electron chi connectivity index (χ3n) is 5.12. The number of nitrogens with zero attached hydrogens (tertiary/aromatic N) is 5. The third-order valence-corrected chi connectivity index (χ3v) is 5.12. The van der Waals surface area contributed by atoms with Crippen LogP contribution in [0, 0.1) is 0 Å². The molecule has 0 saturated heterocycles. The van der Waals surface area contributed by atoms with E-state index in [1.54, 1.807) is 4.68 Å². The molecule has 0 saturated carbocycles. The molecule has 2 aliphatic heterocycles. The second-order valence-corrected chi connectivity index (χ2v) is 7.17. The van der Waals surface area contributed by atoms with Gasteiger partial charge in [0, 0.05) is 6.54 Å². The van der Waals surface area contributed by atoms with Crippen LogP contribution in [-0.2, 0) is 18.5 Å². The van der Waals surface area contributed by atoms with E-state index in [4.69, 9.17) is 5.11 Å². The van der Waals surface area contributed by atoms with Crippen molar-refractivity contribution in [2.75, 3.05) is 23.0 Å². The first-order valence-electron chi connectivity index (χ1n) is 8.36. The summed E-state index contributed by atoms with van der Waals surface area (Å²) in [6.07, 6.45) is 2.15. The van der Waals surface area contributed by atoms with Crippen molar-refractivity contribution in [2.45, 2.75) is 45.1 Å². The molecule has 0 bridgehead atoms. The van der Waals surface area contributed by atoms with Gasteiger partial charge in [-0.05, 0) is 23.5 Å². The van der Waals surface area contributed by atoms with Gasteiger partial charge in [-0.3, -0.25) is 0 Å². The van der Waals surface area contributed by atoms with Gasteiger partial charge in [-0.15, -0.1) is 5.10 Å². The van der Waals surface area contributed by atoms with Crippen molar-refractivity contribution in [1.82, 2.24) is 15.0 Å². The number of aromatic nitrogens is 3. The Labute approximate surface area is 141 Å². The minimum absolute atomic E-state index is 0.0319. The van der Waals surface area contributed by atoms with Crippen molar-refractivity contribution >= 4 is 11.4 Å². The number of aliphatic hydroxyl groups excluding tert-OH is 2. The fourth-order valence-corrected chi connectivity index (χ4v) is 3.75. The highest BCUT2D eigenvalue weighted by atomic mass is 16.3. The maximum Gasteiger partial charge on any atom is 0.208 e. The summed E-state index contributed by atoms with van der Waals surface area (Å²) >= 11 is 0. The lowest BCUT2D eigenvalue weighted by molar-refractivity contribution is 0.165. The second-order valence-electron chi connectivity index (χ2n) is 7.17. The molecule has 2 aromatic rings. The fraction of sp³-hybridized carbons (Fsp3) is 0.529. The Hall–Kier alpha value is -2.12. The Balaban J connectivity index is 1.68. The van der Waals surface area contributed by atoms with Crippen LogP contribution in [0.5, 0.6) is 0 Å². The minimum Gasteiger partial charge on any atom is -0.394 e. The van der Waals surface area contributed by atoms with Crippen molar-refractivity contribution in [2.24, 2.45) is 0 Å². The maximum atomic E-state index is 10.8. The predicted octanol–water partition coefficient (Wildman–Crippen LogP) is 1.05. The lowest BCUT2D eigenvalue weighted by Gasteiger charge is -2.38. The van der Waals surface area contributed by atoms with Gasteiger partial charge in [0.15, 0.2) is 0 Å². The Morgan fingerprint density at radius 3 is 2.96 bits per heavy atom. The van der Waals surface area contributed by atoms with Crippen molar-refractivity contribution in [1.29, 1.82) is 0 Å². The number of para-hydroxylation sites is 1. The molecule has 7 nitrogen and oxygen atoms in total. The van der Waals surface area contributed by atoms with Crippen molar-refractivity contribution in [3.63, 3.8) is 0 Å². The van der Waals surface area contributed by atoms with E-state index in [1.165, 1.54) is 5.56 Å². The highest BCUT2D eigenvalue weighted by Gasteiger charge is 2.42. The van der Waals surface area contributed by atoms with E-state index >= 15 is 0 Å². The fourth-order valence-electron chi connectivity index (χ4n) is 3.75. The monoisotopic (exact) mass is 329 g/mol. The minimum atomic E-state index is -0.680. The van der Waals surface area contributed by atoms with E-state index in [2.05, 4.69) is 47.3 Å². The average Bonchev–Trinajstić information content (AvgIpc) is 3.09. The number of aliphatic hydroxyl groups is 2. The van der Waals surface area contributed by atoms with Crippen molar-refractivity contribution in [3.8, 4) is 0 Å². The lowest BCUT2D eigenvalue weighted by atomic mass is 9.78. The van der Waals surface area contributed by atoms with Crippen LogP contribution in [0.2, 0.25) is 0 Å². The zero-order valence-electron chi connectivity index (χ0n) is 14.1. The first kappa shape index (κ1) is 15.4. The van der Waals surface area contributed by atoms with Crippen LogP contribution in [0.1, 0.15) is 31.5 Å². The quantitative estimate of drug-likeness (QED) is 0.873. The molecule has 0 fully saturated rings. The first-order valence-corrected chi connectivity index (χ1v) is 8.36. The topological polar surface area (TPSA) is 77.7 Å². The molecule has 0 aliphatic carbocycles. The van der Waals surface area contributed by atoms with E-state index in [0.717, 1.165) is 30.0 Å². The van der Waals surface area contributed by atoms with Gasteiger partial charge in [-0.1, -0.05) is 31.2 Å². The highest BCUT2D eigenvalue weighted by molar-refractivity contribution is 5.82. The number of hydrogen-bond donors (Lipinski definition) is 2. The first-order chi connectivity index (χ1) is 11.5. The van der Waals surface area contributed by atoms with Gasteiger partial charge in [0.05, 0.1) is 37.3 Å². The van der Waals surface area contributed by atoms with Crippen LogP contribution in [0.15, 0.2) is 24.4 Å². The van der Waals surface area contributed by atoms with Crippen molar-refractivity contribution in [3.05, 3.63) is 35.7 Å². The summed E-state index contributed by atoms with van der Waals surface area (Å²) < 4.78 is 1.62. The Bertz CT molecular complexity index is 757. The molecule has 128 valence electrons. The van der Waals surface area contributed by atoms with E-state index in [1.807, 2.05) is 11.1 Å². The molecule has 0 radical (unpaired) electrons. The molecule has 1 aromatic heterocycles. The van der Waals surface area contributed by atoms with Crippen LogP contribution in [0.25, 0.3) is 0 Å². The lowest BCUT2D eigenvalue weighted by Crippen LogP contribution is -2.46. The largest absolute Gasteiger partial charge is 0.394 e. The van der Waals surface area contributed by atoms with Crippen LogP contribution in [0.4, 0.5) is 11.4 Å². The summed E-state index contributed by atoms with van der Waals surface area (Å²) in [5, 5.41) is 28.0. The van der Waals surface area contributed by atoms with Gasteiger partial charge < -0.3 is 20.0 Å². The van der Waals surface area contributed by atoms with Gasteiger partial charge in [-0.25, -0.2) is 4.68 Å². The molecule has 1 atom stereocenters. The molecule has 0 amide bonds. The summed E-state index contributed by atoms with van der Waals surface area (Å²) in [4.78, 5) is 4.04. The molecule has 24 heavy (non-hydrogen) atoms. The Morgan fingerprint density at radius 1 is 1.33 bits per heavy atom. The molecule has 1 aromatic carbocycles. The molecular formula is C17H23N5O2. The molecule has 3 heterocycles.